The van der Waals surface area contributed by atoms with Gasteiger partial charge in [-0.1, -0.05) is 6.92 Å². The van der Waals surface area contributed by atoms with E-state index in [0.717, 1.165) is 44.0 Å². The Labute approximate surface area is 222 Å². The Morgan fingerprint density at radius 1 is 1.03 bits per heavy atom. The second-order valence-corrected chi connectivity index (χ2v) is 13.6. The lowest BCUT2D eigenvalue weighted by Gasteiger charge is -2.64. The molecule has 38 heavy (non-hydrogen) atoms. The fraction of sp³-hybridized carbons (Fsp3) is 0.862. The molecule has 4 saturated carbocycles. The zero-order valence-electron chi connectivity index (χ0n) is 22.2. The van der Waals surface area contributed by atoms with E-state index in [-0.39, 0.29) is 53.7 Å². The maximum Gasteiger partial charge on any atom is 0.331 e. The largest absolute Gasteiger partial charge is 0.458 e. The van der Waals surface area contributed by atoms with E-state index in [1.807, 2.05) is 6.92 Å². The molecule has 0 aromatic carbocycles. The second kappa shape index (κ2) is 8.33. The molecule has 7 aliphatic rings. The number of fused-ring (bicyclic) bond motifs is 7. The SMILES string of the molecule is C[C@@H]1C[C@@H](O)[C@]2(O)O[C@@H]3C[C@@]4(C=O)[C@H](CC[C@@H]5[C@H]4CC[C@]4(C)[C@@H](C6=CC(=O)OC6)CC[C@]54O)C[C@H]3O[C@@H]2O1. The summed E-state index contributed by atoms with van der Waals surface area (Å²) >= 11 is 0. The maximum absolute atomic E-state index is 13.1. The topological polar surface area (TPSA) is 132 Å². The van der Waals surface area contributed by atoms with Gasteiger partial charge in [0.05, 0.1) is 23.9 Å². The van der Waals surface area contributed by atoms with Crippen molar-refractivity contribution in [2.24, 2.45) is 34.5 Å². The van der Waals surface area contributed by atoms with E-state index in [1.54, 1.807) is 6.08 Å². The average Bonchev–Trinajstić information content (AvgIpc) is 3.42. The number of carbonyl (C=O) groups excluding carboxylic acids is 2. The first-order valence-corrected chi connectivity index (χ1v) is 14.5. The standard InChI is InChI=1S/C29H40O9/c1-15-9-23(31)29(34)25(36-15)37-21-11-17-3-4-20-19(27(17,14-30)12-22(21)38-29)5-7-26(2)18(6-8-28(20,26)33)16-10-24(32)35-13-16/h10,14-15,17-23,25,31,33-34H,3-9,11-13H2,1-2H3/t15-,17-,18-,19-,20-,21-,22-,23-,25+,26-,27-,28+,29+/m1/s1. The van der Waals surface area contributed by atoms with E-state index in [1.165, 1.54) is 0 Å². The van der Waals surface area contributed by atoms with Gasteiger partial charge in [0, 0.05) is 23.3 Å². The summed E-state index contributed by atoms with van der Waals surface area (Å²) < 4.78 is 23.5. The summed E-state index contributed by atoms with van der Waals surface area (Å²) in [5.41, 5.74) is -1.01. The summed E-state index contributed by atoms with van der Waals surface area (Å²) in [6.07, 6.45) is 5.34. The highest BCUT2D eigenvalue weighted by Crippen LogP contribution is 2.70. The van der Waals surface area contributed by atoms with Crippen LogP contribution in [0.4, 0.5) is 0 Å². The summed E-state index contributed by atoms with van der Waals surface area (Å²) in [7, 11) is 0. The molecule has 210 valence electrons. The van der Waals surface area contributed by atoms with Crippen molar-refractivity contribution in [1.29, 1.82) is 0 Å². The van der Waals surface area contributed by atoms with Gasteiger partial charge in [-0.2, -0.15) is 0 Å². The number of esters is 1. The lowest BCUT2D eigenvalue weighted by Crippen LogP contribution is -2.71. The lowest BCUT2D eigenvalue weighted by molar-refractivity contribution is -0.457. The Hall–Kier alpha value is -1.36. The van der Waals surface area contributed by atoms with Crippen molar-refractivity contribution in [3.05, 3.63) is 11.6 Å². The van der Waals surface area contributed by atoms with Gasteiger partial charge in [0.15, 0.2) is 0 Å². The Morgan fingerprint density at radius 2 is 1.84 bits per heavy atom. The van der Waals surface area contributed by atoms with Gasteiger partial charge < -0.3 is 39.1 Å². The third-order valence-electron chi connectivity index (χ3n) is 12.1. The van der Waals surface area contributed by atoms with E-state index in [4.69, 9.17) is 18.9 Å². The van der Waals surface area contributed by atoms with Crippen molar-refractivity contribution < 1.29 is 43.9 Å². The molecule has 2 saturated heterocycles. The molecule has 3 aliphatic heterocycles. The Balaban J connectivity index is 1.18. The molecule has 3 heterocycles. The number of aliphatic hydroxyl groups is 3. The molecule has 4 aliphatic carbocycles. The van der Waals surface area contributed by atoms with E-state index in [9.17, 15) is 24.9 Å². The third kappa shape index (κ3) is 3.20. The first-order valence-electron chi connectivity index (χ1n) is 14.5. The first-order chi connectivity index (χ1) is 18.0. The van der Waals surface area contributed by atoms with Crippen LogP contribution >= 0.6 is 0 Å². The van der Waals surface area contributed by atoms with E-state index in [2.05, 4.69) is 6.92 Å². The zero-order chi connectivity index (χ0) is 26.7. The maximum atomic E-state index is 13.1. The summed E-state index contributed by atoms with van der Waals surface area (Å²) in [4.78, 5) is 24.9. The number of aldehydes is 1. The second-order valence-electron chi connectivity index (χ2n) is 13.6. The van der Waals surface area contributed by atoms with Crippen LogP contribution in [0.25, 0.3) is 0 Å². The molecule has 9 heteroatoms. The van der Waals surface area contributed by atoms with Crippen LogP contribution < -0.4 is 0 Å². The molecular formula is C29H40O9. The van der Waals surface area contributed by atoms with Gasteiger partial charge in [0.1, 0.15) is 19.0 Å². The predicted octanol–water partition coefficient (Wildman–Crippen LogP) is 2.00. The van der Waals surface area contributed by atoms with Crippen LogP contribution in [-0.2, 0) is 28.5 Å². The molecule has 7 rings (SSSR count). The number of aliphatic hydroxyl groups excluding tert-OH is 1. The minimum Gasteiger partial charge on any atom is -0.458 e. The Morgan fingerprint density at radius 3 is 2.58 bits per heavy atom. The van der Waals surface area contributed by atoms with E-state index in [0.29, 0.717) is 25.9 Å². The molecule has 13 atom stereocenters. The molecule has 0 aromatic rings. The summed E-state index contributed by atoms with van der Waals surface area (Å²) in [6, 6.07) is 0. The first kappa shape index (κ1) is 25.6. The molecule has 0 amide bonds. The summed E-state index contributed by atoms with van der Waals surface area (Å²) in [5.74, 6) is -2.11. The van der Waals surface area contributed by atoms with Crippen molar-refractivity contribution in [2.45, 2.75) is 114 Å². The van der Waals surface area contributed by atoms with E-state index < -0.39 is 35.3 Å². The summed E-state index contributed by atoms with van der Waals surface area (Å²) in [5, 5.41) is 34.4. The van der Waals surface area contributed by atoms with Gasteiger partial charge >= 0.3 is 5.97 Å². The quantitative estimate of drug-likeness (QED) is 0.278. The van der Waals surface area contributed by atoms with Crippen LogP contribution in [0.2, 0.25) is 0 Å². The van der Waals surface area contributed by atoms with Gasteiger partial charge in [-0.05, 0) is 87.5 Å². The van der Waals surface area contributed by atoms with Gasteiger partial charge in [0.25, 0.3) is 0 Å². The van der Waals surface area contributed by atoms with Crippen molar-refractivity contribution in [1.82, 2.24) is 0 Å². The van der Waals surface area contributed by atoms with Crippen LogP contribution in [-0.4, -0.2) is 76.3 Å². The smallest absolute Gasteiger partial charge is 0.331 e. The highest BCUT2D eigenvalue weighted by molar-refractivity contribution is 5.85. The molecule has 3 N–H and O–H groups in total. The van der Waals surface area contributed by atoms with Crippen molar-refractivity contribution in [2.75, 3.05) is 6.61 Å². The molecule has 0 radical (unpaired) electrons. The highest BCUT2D eigenvalue weighted by Gasteiger charge is 2.70. The normalized spacial score (nSPS) is 57.4. The molecule has 0 unspecified atom stereocenters. The van der Waals surface area contributed by atoms with Crippen LogP contribution in [0, 0.1) is 34.5 Å². The van der Waals surface area contributed by atoms with Crippen LogP contribution in [0.1, 0.15) is 71.6 Å². The number of ether oxygens (including phenoxy) is 4. The fourth-order valence-electron chi connectivity index (χ4n) is 10.2. The lowest BCUT2D eigenvalue weighted by atomic mass is 9.42. The van der Waals surface area contributed by atoms with Crippen LogP contribution in [0.15, 0.2) is 11.6 Å². The van der Waals surface area contributed by atoms with Crippen molar-refractivity contribution in [3.63, 3.8) is 0 Å². The highest BCUT2D eigenvalue weighted by atomic mass is 16.8. The zero-order valence-corrected chi connectivity index (χ0v) is 22.2. The van der Waals surface area contributed by atoms with Gasteiger partial charge in [-0.15, -0.1) is 0 Å². The predicted molar refractivity (Wildman–Crippen MR) is 131 cm³/mol. The minimum atomic E-state index is -1.96. The monoisotopic (exact) mass is 532 g/mol. The van der Waals surface area contributed by atoms with Crippen LogP contribution in [0.3, 0.4) is 0 Å². The number of rotatable bonds is 2. The number of cyclic esters (lactones) is 1. The third-order valence-corrected chi connectivity index (χ3v) is 12.1. The molecule has 0 bridgehead atoms. The van der Waals surface area contributed by atoms with Gasteiger partial charge in [-0.3, -0.25) is 0 Å². The molecule has 0 spiro atoms. The number of hydrogen-bond donors (Lipinski definition) is 3. The molecule has 6 fully saturated rings. The Kier molecular flexibility index (Phi) is 5.61. The Bertz CT molecular complexity index is 1060. The minimum absolute atomic E-state index is 0.00418. The number of hydrogen-bond acceptors (Lipinski definition) is 9. The molecule has 0 aromatic heterocycles. The van der Waals surface area contributed by atoms with Crippen molar-refractivity contribution >= 4 is 12.3 Å². The van der Waals surface area contributed by atoms with Crippen molar-refractivity contribution in [3.8, 4) is 0 Å². The molecule has 9 nitrogen and oxygen atoms in total. The van der Waals surface area contributed by atoms with Gasteiger partial charge in [-0.25, -0.2) is 4.79 Å². The fourth-order valence-corrected chi connectivity index (χ4v) is 10.2. The average molecular weight is 533 g/mol. The summed E-state index contributed by atoms with van der Waals surface area (Å²) in [6.45, 7) is 4.31. The molecular weight excluding hydrogens is 492 g/mol. The number of carbonyl (C=O) groups is 2. The van der Waals surface area contributed by atoms with Gasteiger partial charge in [0.2, 0.25) is 12.1 Å². The van der Waals surface area contributed by atoms with E-state index >= 15 is 0 Å². The van der Waals surface area contributed by atoms with Crippen LogP contribution in [0.5, 0.6) is 0 Å².